The molecule has 0 aliphatic rings. The van der Waals surface area contributed by atoms with Crippen LogP contribution >= 0.6 is 0 Å². The second kappa shape index (κ2) is 4.28. The molecule has 0 radical (unpaired) electrons. The van der Waals surface area contributed by atoms with Gasteiger partial charge in [0, 0.05) is 25.5 Å². The van der Waals surface area contributed by atoms with E-state index in [1.54, 1.807) is 43.2 Å². The number of aryl methyl sites for hydroxylation is 1. The summed E-state index contributed by atoms with van der Waals surface area (Å²) in [6.45, 7) is 1.74. The molecule has 0 aliphatic heterocycles. The average Bonchev–Trinajstić information content (AvgIpc) is 2.87. The van der Waals surface area contributed by atoms with Crippen LogP contribution in [0.25, 0.3) is 0 Å². The number of aromatic nitrogens is 4. The number of carbonyl (C=O) groups is 1. The van der Waals surface area contributed by atoms with Crippen molar-refractivity contribution >= 4 is 17.5 Å². The first-order chi connectivity index (χ1) is 8.06. The Hall–Kier alpha value is -2.31. The lowest BCUT2D eigenvalue weighted by atomic mass is 10.3. The Kier molecular flexibility index (Phi) is 2.82. The third-order valence-corrected chi connectivity index (χ3v) is 2.37. The summed E-state index contributed by atoms with van der Waals surface area (Å²) in [7, 11) is 1.79. The maximum Gasteiger partial charge on any atom is 0.250 e. The van der Waals surface area contributed by atoms with Crippen molar-refractivity contribution in [2.24, 2.45) is 7.05 Å². The van der Waals surface area contributed by atoms with E-state index in [0.29, 0.717) is 11.6 Å². The van der Waals surface area contributed by atoms with Crippen molar-refractivity contribution in [3.8, 4) is 0 Å². The fourth-order valence-electron chi connectivity index (χ4n) is 1.40. The van der Waals surface area contributed by atoms with E-state index in [9.17, 15) is 4.79 Å². The Morgan fingerprint density at radius 1 is 1.41 bits per heavy atom. The molecule has 3 N–H and O–H groups in total. The molecule has 1 atom stereocenters. The molecular formula is C10H14N6O. The number of carbonyl (C=O) groups excluding carboxylic acids is 1. The summed E-state index contributed by atoms with van der Waals surface area (Å²) in [5.74, 6) is 0.721. The molecule has 7 heteroatoms. The molecule has 17 heavy (non-hydrogen) atoms. The molecule has 0 spiro atoms. The minimum absolute atomic E-state index is 0.188. The summed E-state index contributed by atoms with van der Waals surface area (Å²) in [4.78, 5) is 11.9. The fraction of sp³-hybridized carbons (Fsp3) is 0.300. The molecule has 0 saturated carbocycles. The molecule has 7 nitrogen and oxygen atoms in total. The summed E-state index contributed by atoms with van der Waals surface area (Å²) < 4.78 is 3.12. The van der Waals surface area contributed by atoms with E-state index < -0.39 is 6.04 Å². The summed E-state index contributed by atoms with van der Waals surface area (Å²) in [5.41, 5.74) is 5.49. The van der Waals surface area contributed by atoms with Crippen LogP contribution in [0.2, 0.25) is 0 Å². The SMILES string of the molecule is CC(C(=O)Nc1ccn(C)n1)n1ccc(N)n1. The lowest BCUT2D eigenvalue weighted by Gasteiger charge is -2.10. The quantitative estimate of drug-likeness (QED) is 0.804. The maximum atomic E-state index is 11.9. The number of amides is 1. The smallest absolute Gasteiger partial charge is 0.250 e. The van der Waals surface area contributed by atoms with Gasteiger partial charge in [0.2, 0.25) is 5.91 Å². The van der Waals surface area contributed by atoms with Gasteiger partial charge in [-0.1, -0.05) is 0 Å². The van der Waals surface area contributed by atoms with Crippen molar-refractivity contribution in [2.45, 2.75) is 13.0 Å². The van der Waals surface area contributed by atoms with Gasteiger partial charge in [-0.2, -0.15) is 10.2 Å². The van der Waals surface area contributed by atoms with Gasteiger partial charge in [-0.15, -0.1) is 0 Å². The molecule has 0 bridgehead atoms. The highest BCUT2D eigenvalue weighted by Crippen LogP contribution is 2.10. The van der Waals surface area contributed by atoms with E-state index in [0.717, 1.165) is 0 Å². The zero-order valence-corrected chi connectivity index (χ0v) is 9.66. The Morgan fingerprint density at radius 3 is 2.71 bits per heavy atom. The molecule has 0 saturated heterocycles. The first-order valence-electron chi connectivity index (χ1n) is 5.17. The highest BCUT2D eigenvalue weighted by molar-refractivity contribution is 5.92. The van der Waals surface area contributed by atoms with Gasteiger partial charge in [0.15, 0.2) is 5.82 Å². The van der Waals surface area contributed by atoms with Crippen LogP contribution in [-0.2, 0) is 11.8 Å². The van der Waals surface area contributed by atoms with Crippen LogP contribution in [0.1, 0.15) is 13.0 Å². The fourth-order valence-corrected chi connectivity index (χ4v) is 1.40. The minimum atomic E-state index is -0.436. The van der Waals surface area contributed by atoms with E-state index in [1.807, 2.05) is 0 Å². The zero-order chi connectivity index (χ0) is 12.4. The molecule has 2 aromatic heterocycles. The van der Waals surface area contributed by atoms with Crippen LogP contribution in [-0.4, -0.2) is 25.5 Å². The Morgan fingerprint density at radius 2 is 2.18 bits per heavy atom. The minimum Gasteiger partial charge on any atom is -0.382 e. The molecule has 0 fully saturated rings. The van der Waals surface area contributed by atoms with Crippen LogP contribution < -0.4 is 11.1 Å². The summed E-state index contributed by atoms with van der Waals surface area (Å²) in [5, 5.41) is 10.7. The van der Waals surface area contributed by atoms with E-state index in [4.69, 9.17) is 5.73 Å². The molecule has 90 valence electrons. The van der Waals surface area contributed by atoms with Crippen molar-refractivity contribution in [2.75, 3.05) is 11.1 Å². The van der Waals surface area contributed by atoms with Crippen molar-refractivity contribution < 1.29 is 4.79 Å². The van der Waals surface area contributed by atoms with Crippen LogP contribution in [0.15, 0.2) is 24.5 Å². The van der Waals surface area contributed by atoms with Crippen molar-refractivity contribution in [3.05, 3.63) is 24.5 Å². The third kappa shape index (κ3) is 2.44. The highest BCUT2D eigenvalue weighted by Gasteiger charge is 2.16. The van der Waals surface area contributed by atoms with E-state index in [1.165, 1.54) is 4.68 Å². The normalized spacial score (nSPS) is 12.4. The average molecular weight is 234 g/mol. The van der Waals surface area contributed by atoms with Gasteiger partial charge in [0.1, 0.15) is 11.9 Å². The van der Waals surface area contributed by atoms with Gasteiger partial charge in [-0.05, 0) is 13.0 Å². The highest BCUT2D eigenvalue weighted by atomic mass is 16.2. The first kappa shape index (κ1) is 11.2. The van der Waals surface area contributed by atoms with E-state index in [2.05, 4.69) is 15.5 Å². The van der Waals surface area contributed by atoms with Gasteiger partial charge in [-0.3, -0.25) is 14.2 Å². The standard InChI is InChI=1S/C10H14N6O/c1-7(16-6-3-8(11)13-16)10(17)12-9-4-5-15(2)14-9/h3-7H,1-2H3,(H2,11,13)(H,12,14,17). The summed E-state index contributed by atoms with van der Waals surface area (Å²) in [6, 6.07) is 2.93. The number of nitrogens with one attached hydrogen (secondary N) is 1. The lowest BCUT2D eigenvalue weighted by Crippen LogP contribution is -2.24. The number of anilines is 2. The molecule has 1 unspecified atom stereocenters. The topological polar surface area (TPSA) is 90.8 Å². The molecule has 2 aromatic rings. The number of nitrogen functional groups attached to an aromatic ring is 1. The summed E-state index contributed by atoms with van der Waals surface area (Å²) in [6.07, 6.45) is 3.42. The number of nitrogens with two attached hydrogens (primary N) is 1. The van der Waals surface area contributed by atoms with E-state index in [-0.39, 0.29) is 5.91 Å². The van der Waals surface area contributed by atoms with Crippen LogP contribution in [0.5, 0.6) is 0 Å². The third-order valence-electron chi connectivity index (χ3n) is 2.37. The van der Waals surface area contributed by atoms with Gasteiger partial charge < -0.3 is 11.1 Å². The summed E-state index contributed by atoms with van der Waals surface area (Å²) >= 11 is 0. The Bertz CT molecular complexity index is 528. The van der Waals surface area contributed by atoms with Gasteiger partial charge >= 0.3 is 0 Å². The van der Waals surface area contributed by atoms with Crippen LogP contribution in [0.4, 0.5) is 11.6 Å². The maximum absolute atomic E-state index is 11.9. The molecular weight excluding hydrogens is 220 g/mol. The predicted molar refractivity (Wildman–Crippen MR) is 63.2 cm³/mol. The molecule has 0 aliphatic carbocycles. The van der Waals surface area contributed by atoms with Gasteiger partial charge in [0.25, 0.3) is 0 Å². The molecule has 1 amide bonds. The second-order valence-corrected chi connectivity index (χ2v) is 3.76. The number of hydrogen-bond acceptors (Lipinski definition) is 4. The van der Waals surface area contributed by atoms with Gasteiger partial charge in [-0.25, -0.2) is 0 Å². The predicted octanol–water partition coefficient (Wildman–Crippen LogP) is 0.398. The molecule has 0 aromatic carbocycles. The number of nitrogens with zero attached hydrogens (tertiary/aromatic N) is 4. The molecule has 2 heterocycles. The Labute approximate surface area is 98.2 Å². The largest absolute Gasteiger partial charge is 0.382 e. The zero-order valence-electron chi connectivity index (χ0n) is 9.66. The Balaban J connectivity index is 2.05. The van der Waals surface area contributed by atoms with Crippen molar-refractivity contribution in [3.63, 3.8) is 0 Å². The van der Waals surface area contributed by atoms with Crippen LogP contribution in [0, 0.1) is 0 Å². The van der Waals surface area contributed by atoms with Crippen molar-refractivity contribution in [1.29, 1.82) is 0 Å². The monoisotopic (exact) mass is 234 g/mol. The lowest BCUT2D eigenvalue weighted by molar-refractivity contribution is -0.119. The van der Waals surface area contributed by atoms with E-state index >= 15 is 0 Å². The molecule has 2 rings (SSSR count). The number of rotatable bonds is 3. The van der Waals surface area contributed by atoms with Crippen molar-refractivity contribution in [1.82, 2.24) is 19.6 Å². The first-order valence-corrected chi connectivity index (χ1v) is 5.17. The second-order valence-electron chi connectivity index (χ2n) is 3.76. The van der Waals surface area contributed by atoms with Gasteiger partial charge in [0.05, 0.1) is 0 Å². The van der Waals surface area contributed by atoms with Crippen LogP contribution in [0.3, 0.4) is 0 Å². The number of hydrogen-bond donors (Lipinski definition) is 2.